The van der Waals surface area contributed by atoms with Crippen LogP contribution in [0.2, 0.25) is 0 Å². The molecule has 6 aromatic carbocycles. The molecule has 0 unspecified atom stereocenters. The third kappa shape index (κ3) is 4.19. The Bertz CT molecular complexity index is 1350. The van der Waals surface area contributed by atoms with E-state index in [9.17, 15) is 0 Å². The Morgan fingerprint density at radius 1 is 0.344 bits per heavy atom. The zero-order chi connectivity index (χ0) is 21.8. The maximum atomic E-state index is 2.24. The minimum Gasteiger partial charge on any atom is -0.345 e. The van der Waals surface area contributed by atoms with Crippen molar-refractivity contribution in [2.24, 2.45) is 0 Å². The average molecular weight is 412 g/mol. The number of rotatable bonds is 2. The summed E-state index contributed by atoms with van der Waals surface area (Å²) in [5, 5.41) is 7.71. The maximum Gasteiger partial charge on any atom is 0.0414 e. The van der Waals surface area contributed by atoms with Crippen molar-refractivity contribution in [2.45, 2.75) is 0 Å². The number of anilines is 2. The molecular formula is C31H25N. The highest BCUT2D eigenvalue weighted by Crippen LogP contribution is 2.29. The summed E-state index contributed by atoms with van der Waals surface area (Å²) in [5.74, 6) is 0. The Morgan fingerprint density at radius 2 is 0.625 bits per heavy atom. The lowest BCUT2D eigenvalue weighted by molar-refractivity contribution is 1.22. The summed E-state index contributed by atoms with van der Waals surface area (Å²) in [5.41, 5.74) is 2.41. The highest BCUT2D eigenvalue weighted by molar-refractivity contribution is 5.89. The van der Waals surface area contributed by atoms with Gasteiger partial charge in [0.1, 0.15) is 0 Å². The van der Waals surface area contributed by atoms with Crippen LogP contribution in [-0.2, 0) is 0 Å². The van der Waals surface area contributed by atoms with Gasteiger partial charge in [-0.2, -0.15) is 0 Å². The zero-order valence-electron chi connectivity index (χ0n) is 18.1. The van der Waals surface area contributed by atoms with E-state index < -0.39 is 0 Å². The van der Waals surface area contributed by atoms with Crippen molar-refractivity contribution < 1.29 is 0 Å². The fraction of sp³-hybridized carbons (Fsp3) is 0.0323. The third-order valence-electron chi connectivity index (χ3n) is 5.90. The van der Waals surface area contributed by atoms with Crippen LogP contribution in [0.15, 0.2) is 133 Å². The lowest BCUT2D eigenvalue weighted by Crippen LogP contribution is -2.09. The van der Waals surface area contributed by atoms with Gasteiger partial charge in [0.25, 0.3) is 0 Å². The SMILES string of the molecule is CN(c1ccc2ccccc2c1)c1ccc2ccccc2c1.c1ccc2ccccc2c1. The van der Waals surface area contributed by atoms with E-state index in [0.29, 0.717) is 0 Å². The van der Waals surface area contributed by atoms with Gasteiger partial charge in [-0.15, -0.1) is 0 Å². The quantitative estimate of drug-likeness (QED) is 0.276. The van der Waals surface area contributed by atoms with Crippen LogP contribution in [0.3, 0.4) is 0 Å². The van der Waals surface area contributed by atoms with Gasteiger partial charge in [0.15, 0.2) is 0 Å². The molecule has 0 radical (unpaired) electrons. The van der Waals surface area contributed by atoms with Gasteiger partial charge in [0.05, 0.1) is 0 Å². The molecule has 0 aromatic heterocycles. The fourth-order valence-corrected chi connectivity index (χ4v) is 4.05. The summed E-state index contributed by atoms with van der Waals surface area (Å²) in [6, 6.07) is 46.9. The molecule has 6 aromatic rings. The number of nitrogens with zero attached hydrogens (tertiary/aromatic N) is 1. The second-order valence-corrected chi connectivity index (χ2v) is 7.97. The molecule has 0 aliphatic carbocycles. The molecule has 0 aliphatic rings. The first-order valence-corrected chi connectivity index (χ1v) is 10.9. The molecule has 0 bridgehead atoms. The van der Waals surface area contributed by atoms with Crippen molar-refractivity contribution in [2.75, 3.05) is 11.9 Å². The molecule has 32 heavy (non-hydrogen) atoms. The van der Waals surface area contributed by atoms with Gasteiger partial charge in [0.2, 0.25) is 0 Å². The summed E-state index contributed by atoms with van der Waals surface area (Å²) < 4.78 is 0. The Hall–Kier alpha value is -4.10. The Kier molecular flexibility index (Phi) is 5.55. The standard InChI is InChI=1S/C21H17N.C10H8/c1-22(20-12-10-16-6-2-4-8-18(16)14-20)21-13-11-17-7-3-5-9-19(17)15-21;1-2-6-10-8-4-3-7-9(10)5-1/h2-15H,1H3;1-8H. The molecule has 154 valence electrons. The van der Waals surface area contributed by atoms with Crippen LogP contribution in [0.4, 0.5) is 11.4 Å². The monoisotopic (exact) mass is 411 g/mol. The summed E-state index contributed by atoms with van der Waals surface area (Å²) >= 11 is 0. The predicted octanol–water partition coefficient (Wildman–Crippen LogP) is 8.60. The summed E-state index contributed by atoms with van der Waals surface area (Å²) in [4.78, 5) is 2.24. The largest absolute Gasteiger partial charge is 0.345 e. The number of hydrogen-bond acceptors (Lipinski definition) is 1. The second kappa shape index (κ2) is 8.95. The van der Waals surface area contributed by atoms with Gasteiger partial charge in [-0.3, -0.25) is 0 Å². The van der Waals surface area contributed by atoms with Gasteiger partial charge in [-0.25, -0.2) is 0 Å². The van der Waals surface area contributed by atoms with Crippen LogP contribution in [0, 0.1) is 0 Å². The van der Waals surface area contributed by atoms with E-state index >= 15 is 0 Å². The minimum absolute atomic E-state index is 1.20. The molecule has 0 N–H and O–H groups in total. The Balaban J connectivity index is 0.000000180. The van der Waals surface area contributed by atoms with Gasteiger partial charge in [-0.05, 0) is 56.6 Å². The highest BCUT2D eigenvalue weighted by atomic mass is 15.1. The number of hydrogen-bond donors (Lipinski definition) is 0. The van der Waals surface area contributed by atoms with Crippen LogP contribution < -0.4 is 4.90 Å². The third-order valence-corrected chi connectivity index (χ3v) is 5.90. The second-order valence-electron chi connectivity index (χ2n) is 7.97. The molecule has 0 amide bonds. The first kappa shape index (κ1) is 19.8. The summed E-state index contributed by atoms with van der Waals surface area (Å²) in [6.45, 7) is 0. The summed E-state index contributed by atoms with van der Waals surface area (Å²) in [7, 11) is 2.12. The van der Waals surface area contributed by atoms with Crippen molar-refractivity contribution >= 4 is 43.7 Å². The minimum atomic E-state index is 1.20. The average Bonchev–Trinajstić information content (AvgIpc) is 2.88. The van der Waals surface area contributed by atoms with E-state index in [4.69, 9.17) is 0 Å². The topological polar surface area (TPSA) is 3.24 Å². The zero-order valence-corrected chi connectivity index (χ0v) is 18.1. The van der Waals surface area contributed by atoms with Crippen LogP contribution >= 0.6 is 0 Å². The van der Waals surface area contributed by atoms with Crippen LogP contribution in [0.1, 0.15) is 0 Å². The fourth-order valence-electron chi connectivity index (χ4n) is 4.05. The van der Waals surface area contributed by atoms with Crippen molar-refractivity contribution in [1.29, 1.82) is 0 Å². The van der Waals surface area contributed by atoms with Crippen molar-refractivity contribution in [3.05, 3.63) is 133 Å². The van der Waals surface area contributed by atoms with E-state index in [-0.39, 0.29) is 0 Å². The first-order chi connectivity index (χ1) is 15.8. The predicted molar refractivity (Wildman–Crippen MR) is 140 cm³/mol. The molecule has 0 saturated carbocycles. The molecule has 1 heteroatoms. The van der Waals surface area contributed by atoms with Crippen LogP contribution in [0.25, 0.3) is 32.3 Å². The molecule has 0 saturated heterocycles. The molecule has 0 fully saturated rings. The van der Waals surface area contributed by atoms with Gasteiger partial charge >= 0.3 is 0 Å². The van der Waals surface area contributed by atoms with Gasteiger partial charge < -0.3 is 4.90 Å². The first-order valence-electron chi connectivity index (χ1n) is 10.9. The van der Waals surface area contributed by atoms with Crippen LogP contribution in [-0.4, -0.2) is 7.05 Å². The van der Waals surface area contributed by atoms with E-state index in [1.165, 1.54) is 43.7 Å². The van der Waals surface area contributed by atoms with E-state index in [1.54, 1.807) is 0 Å². The highest BCUT2D eigenvalue weighted by Gasteiger charge is 2.05. The molecular weight excluding hydrogens is 386 g/mol. The van der Waals surface area contributed by atoms with Gasteiger partial charge in [-0.1, -0.05) is 109 Å². The maximum absolute atomic E-state index is 2.24. The van der Waals surface area contributed by atoms with Crippen LogP contribution in [0.5, 0.6) is 0 Å². The lowest BCUT2D eigenvalue weighted by Gasteiger charge is -2.20. The van der Waals surface area contributed by atoms with E-state index in [2.05, 4.69) is 145 Å². The Morgan fingerprint density at radius 3 is 0.969 bits per heavy atom. The molecule has 0 heterocycles. The molecule has 1 nitrogen and oxygen atoms in total. The molecule has 0 aliphatic heterocycles. The number of fused-ring (bicyclic) bond motifs is 3. The molecule has 0 spiro atoms. The smallest absolute Gasteiger partial charge is 0.0414 e. The van der Waals surface area contributed by atoms with Crippen molar-refractivity contribution in [3.63, 3.8) is 0 Å². The molecule has 0 atom stereocenters. The summed E-state index contributed by atoms with van der Waals surface area (Å²) in [6.07, 6.45) is 0. The lowest BCUT2D eigenvalue weighted by atomic mass is 10.1. The number of benzene rings is 6. The normalized spacial score (nSPS) is 10.7. The van der Waals surface area contributed by atoms with Crippen molar-refractivity contribution in [3.8, 4) is 0 Å². The Labute approximate surface area is 189 Å². The van der Waals surface area contributed by atoms with E-state index in [1.807, 2.05) is 0 Å². The van der Waals surface area contributed by atoms with E-state index in [0.717, 1.165) is 0 Å². The van der Waals surface area contributed by atoms with Crippen molar-refractivity contribution in [1.82, 2.24) is 0 Å². The molecule has 6 rings (SSSR count). The van der Waals surface area contributed by atoms with Gasteiger partial charge in [0, 0.05) is 18.4 Å².